The maximum absolute atomic E-state index is 12.0. The highest BCUT2D eigenvalue weighted by Gasteiger charge is 2.21. The summed E-state index contributed by atoms with van der Waals surface area (Å²) in [7, 11) is 1.71. The summed E-state index contributed by atoms with van der Waals surface area (Å²) in [6.07, 6.45) is 0.393. The van der Waals surface area contributed by atoms with Crippen LogP contribution in [0.15, 0.2) is 24.3 Å². The lowest BCUT2D eigenvalue weighted by molar-refractivity contribution is 0.0589. The van der Waals surface area contributed by atoms with E-state index >= 15 is 0 Å². The Morgan fingerprint density at radius 3 is 2.35 bits per heavy atom. The fourth-order valence-electron chi connectivity index (χ4n) is 1.84. The molecule has 0 fully saturated rings. The molecule has 0 aliphatic rings. The van der Waals surface area contributed by atoms with Crippen molar-refractivity contribution in [2.75, 3.05) is 11.9 Å². The molecule has 4 heteroatoms. The maximum atomic E-state index is 12.0. The zero-order valence-corrected chi connectivity index (χ0v) is 13.4. The molecule has 1 aromatic rings. The third kappa shape index (κ3) is 5.61. The van der Waals surface area contributed by atoms with Gasteiger partial charge < -0.3 is 10.5 Å². The van der Waals surface area contributed by atoms with E-state index in [1.807, 2.05) is 58.9 Å². The average molecular weight is 278 g/mol. The van der Waals surface area contributed by atoms with Gasteiger partial charge in [0.2, 0.25) is 0 Å². The third-order valence-corrected chi connectivity index (χ3v) is 2.62. The smallest absolute Gasteiger partial charge is 0.414 e. The number of ether oxygens (including phenoxy) is 1. The first-order chi connectivity index (χ1) is 8.98. The van der Waals surface area contributed by atoms with E-state index in [2.05, 4.69) is 0 Å². The summed E-state index contributed by atoms with van der Waals surface area (Å²) in [4.78, 5) is 13.5. The molecule has 0 bridgehead atoms. The number of nitrogens with two attached hydrogens (primary N) is 1. The van der Waals surface area contributed by atoms with Gasteiger partial charge in [-0.15, -0.1) is 0 Å². The van der Waals surface area contributed by atoms with Gasteiger partial charge in [0, 0.05) is 18.3 Å². The Hall–Kier alpha value is -1.55. The molecule has 0 aliphatic heterocycles. The maximum Gasteiger partial charge on any atom is 0.414 e. The number of anilines is 1. The average Bonchev–Trinajstić information content (AvgIpc) is 2.23. The summed E-state index contributed by atoms with van der Waals surface area (Å²) in [6.45, 7) is 9.53. The molecule has 0 aromatic heterocycles. The zero-order valence-electron chi connectivity index (χ0n) is 13.4. The van der Waals surface area contributed by atoms with Crippen LogP contribution in [0.3, 0.4) is 0 Å². The lowest BCUT2D eigenvalue weighted by Gasteiger charge is -2.25. The Morgan fingerprint density at radius 1 is 1.25 bits per heavy atom. The molecule has 4 nitrogen and oxygen atoms in total. The SMILES string of the molecule is CN(C(=O)OC(C)(C)C)c1cccc(CC(C)(C)N)c1. The van der Waals surface area contributed by atoms with Crippen LogP contribution in [-0.2, 0) is 11.2 Å². The second kappa shape index (κ2) is 5.83. The van der Waals surface area contributed by atoms with Crippen LogP contribution in [0.2, 0.25) is 0 Å². The van der Waals surface area contributed by atoms with Gasteiger partial charge in [0.05, 0.1) is 0 Å². The van der Waals surface area contributed by atoms with Gasteiger partial charge in [0.1, 0.15) is 5.60 Å². The van der Waals surface area contributed by atoms with Crippen LogP contribution in [0.4, 0.5) is 10.5 Å². The molecule has 0 radical (unpaired) electrons. The van der Waals surface area contributed by atoms with E-state index in [4.69, 9.17) is 10.5 Å². The molecule has 1 aromatic carbocycles. The Balaban J connectivity index is 2.86. The zero-order chi connectivity index (χ0) is 15.6. The minimum Gasteiger partial charge on any atom is -0.443 e. The highest BCUT2D eigenvalue weighted by atomic mass is 16.6. The van der Waals surface area contributed by atoms with E-state index in [0.29, 0.717) is 0 Å². The molecule has 1 rings (SSSR count). The number of amides is 1. The van der Waals surface area contributed by atoms with Crippen molar-refractivity contribution in [3.8, 4) is 0 Å². The summed E-state index contributed by atoms with van der Waals surface area (Å²) in [6, 6.07) is 7.80. The molecule has 0 heterocycles. The van der Waals surface area contributed by atoms with Gasteiger partial charge in [-0.1, -0.05) is 12.1 Å². The van der Waals surface area contributed by atoms with Crippen molar-refractivity contribution >= 4 is 11.8 Å². The summed E-state index contributed by atoms with van der Waals surface area (Å²) < 4.78 is 5.36. The summed E-state index contributed by atoms with van der Waals surface area (Å²) in [5.41, 5.74) is 7.17. The number of carbonyl (C=O) groups is 1. The van der Waals surface area contributed by atoms with Crippen molar-refractivity contribution in [1.82, 2.24) is 0 Å². The third-order valence-electron chi connectivity index (χ3n) is 2.62. The molecule has 20 heavy (non-hydrogen) atoms. The van der Waals surface area contributed by atoms with Crippen LogP contribution in [0, 0.1) is 0 Å². The van der Waals surface area contributed by atoms with E-state index in [1.54, 1.807) is 7.05 Å². The quantitative estimate of drug-likeness (QED) is 0.922. The lowest BCUT2D eigenvalue weighted by atomic mass is 9.96. The van der Waals surface area contributed by atoms with E-state index < -0.39 is 5.60 Å². The molecule has 0 saturated heterocycles. The Kier molecular flexibility index (Phi) is 4.81. The predicted molar refractivity (Wildman–Crippen MR) is 83.0 cm³/mol. The fourth-order valence-corrected chi connectivity index (χ4v) is 1.84. The number of nitrogens with zero attached hydrogens (tertiary/aromatic N) is 1. The summed E-state index contributed by atoms with van der Waals surface area (Å²) in [5, 5.41) is 0. The first-order valence-corrected chi connectivity index (χ1v) is 6.82. The fraction of sp³-hybridized carbons (Fsp3) is 0.562. The molecule has 0 atom stereocenters. The molecule has 0 unspecified atom stereocenters. The van der Waals surface area contributed by atoms with Crippen molar-refractivity contribution in [3.63, 3.8) is 0 Å². The first-order valence-electron chi connectivity index (χ1n) is 6.82. The van der Waals surface area contributed by atoms with E-state index in [1.165, 1.54) is 4.90 Å². The second-order valence-corrected chi connectivity index (χ2v) is 6.87. The van der Waals surface area contributed by atoms with Gasteiger partial charge in [-0.25, -0.2) is 4.79 Å². The number of hydrogen-bond donors (Lipinski definition) is 1. The highest BCUT2D eigenvalue weighted by Crippen LogP contribution is 2.20. The second-order valence-electron chi connectivity index (χ2n) is 6.87. The van der Waals surface area contributed by atoms with Crippen LogP contribution in [0.25, 0.3) is 0 Å². The van der Waals surface area contributed by atoms with Crippen LogP contribution >= 0.6 is 0 Å². The summed E-state index contributed by atoms with van der Waals surface area (Å²) in [5.74, 6) is 0. The van der Waals surface area contributed by atoms with Gasteiger partial charge in [-0.3, -0.25) is 4.90 Å². The molecule has 1 amide bonds. The Morgan fingerprint density at radius 2 is 1.85 bits per heavy atom. The molecule has 112 valence electrons. The molecule has 0 saturated carbocycles. The van der Waals surface area contributed by atoms with Gasteiger partial charge >= 0.3 is 6.09 Å². The highest BCUT2D eigenvalue weighted by molar-refractivity contribution is 5.87. The number of rotatable bonds is 3. The lowest BCUT2D eigenvalue weighted by Crippen LogP contribution is -2.35. The van der Waals surface area contributed by atoms with Crippen molar-refractivity contribution in [1.29, 1.82) is 0 Å². The molecule has 0 aliphatic carbocycles. The minimum atomic E-state index is -0.498. The van der Waals surface area contributed by atoms with Crippen molar-refractivity contribution < 1.29 is 9.53 Å². The Bertz CT molecular complexity index is 470. The van der Waals surface area contributed by atoms with Crippen molar-refractivity contribution in [2.24, 2.45) is 5.73 Å². The number of carbonyl (C=O) groups excluding carboxylic acids is 1. The normalized spacial score (nSPS) is 12.2. The van der Waals surface area contributed by atoms with Crippen LogP contribution < -0.4 is 10.6 Å². The molecule has 0 spiro atoms. The molecule has 2 N–H and O–H groups in total. The standard InChI is InChI=1S/C16H26N2O2/c1-15(2,3)20-14(19)18(6)13-9-7-8-12(10-13)11-16(4,5)17/h7-10H,11,17H2,1-6H3. The molecular formula is C16H26N2O2. The predicted octanol–water partition coefficient (Wildman–Crippen LogP) is 3.34. The van der Waals surface area contributed by atoms with Crippen LogP contribution in [0.5, 0.6) is 0 Å². The monoisotopic (exact) mass is 278 g/mol. The number of hydrogen-bond acceptors (Lipinski definition) is 3. The topological polar surface area (TPSA) is 55.6 Å². The van der Waals surface area contributed by atoms with Crippen molar-refractivity contribution in [3.05, 3.63) is 29.8 Å². The Labute approximate surface area is 121 Å². The van der Waals surface area contributed by atoms with Gasteiger partial charge in [-0.2, -0.15) is 0 Å². The van der Waals surface area contributed by atoms with E-state index in [9.17, 15) is 4.79 Å². The van der Waals surface area contributed by atoms with E-state index in [0.717, 1.165) is 17.7 Å². The van der Waals surface area contributed by atoms with Crippen LogP contribution in [-0.4, -0.2) is 24.3 Å². The molecular weight excluding hydrogens is 252 g/mol. The van der Waals surface area contributed by atoms with Crippen molar-refractivity contribution in [2.45, 2.75) is 52.2 Å². The van der Waals surface area contributed by atoms with Gasteiger partial charge in [0.15, 0.2) is 0 Å². The first kappa shape index (κ1) is 16.5. The van der Waals surface area contributed by atoms with Gasteiger partial charge in [-0.05, 0) is 58.7 Å². The summed E-state index contributed by atoms with van der Waals surface area (Å²) >= 11 is 0. The minimum absolute atomic E-state index is 0.275. The van der Waals surface area contributed by atoms with E-state index in [-0.39, 0.29) is 11.6 Å². The van der Waals surface area contributed by atoms with Gasteiger partial charge in [0.25, 0.3) is 0 Å². The number of benzene rings is 1. The largest absolute Gasteiger partial charge is 0.443 e. The van der Waals surface area contributed by atoms with Crippen LogP contribution in [0.1, 0.15) is 40.2 Å².